The minimum Gasteiger partial charge on any atom is -0.296 e. The van der Waals surface area contributed by atoms with Gasteiger partial charge in [0.2, 0.25) is 0 Å². The third-order valence-electron chi connectivity index (χ3n) is 1.69. The zero-order chi connectivity index (χ0) is 7.68. The Hall–Kier alpha value is 0.1000. The van der Waals surface area contributed by atoms with E-state index in [9.17, 15) is 0 Å². The summed E-state index contributed by atoms with van der Waals surface area (Å²) in [5, 5.41) is 8.84. The van der Waals surface area contributed by atoms with E-state index in [0.29, 0.717) is 6.17 Å². The van der Waals surface area contributed by atoms with Crippen LogP contribution in [0.5, 0.6) is 0 Å². The number of hydrogen-bond acceptors (Lipinski definition) is 3. The van der Waals surface area contributed by atoms with Gasteiger partial charge in [0.25, 0.3) is 0 Å². The third-order valence-corrected chi connectivity index (χ3v) is 3.45. The fourth-order valence-electron chi connectivity index (χ4n) is 1.19. The fourth-order valence-corrected chi connectivity index (χ4v) is 2.68. The lowest BCUT2D eigenvalue weighted by atomic mass is 10.4. The first-order valence-corrected chi connectivity index (χ1v) is 5.24. The van der Waals surface area contributed by atoms with Crippen LogP contribution in [0.1, 0.15) is 11.0 Å². The highest BCUT2D eigenvalue weighted by Crippen LogP contribution is 2.24. The highest BCUT2D eigenvalue weighted by molar-refractivity contribution is 9.10. The summed E-state index contributed by atoms with van der Waals surface area (Å²) in [6, 6.07) is 2.15. The molecule has 2 N–H and O–H groups in total. The molecule has 1 fully saturated rings. The number of rotatable bonds is 1. The fraction of sp³-hybridized carbons (Fsp3) is 0.429. The molecule has 0 aromatic carbocycles. The molecular weight excluding hydrogens is 224 g/mol. The predicted molar refractivity (Wildman–Crippen MR) is 50.8 cm³/mol. The van der Waals surface area contributed by atoms with Crippen molar-refractivity contribution in [1.82, 2.24) is 10.6 Å². The van der Waals surface area contributed by atoms with Crippen LogP contribution in [0.3, 0.4) is 0 Å². The molecule has 0 aliphatic carbocycles. The van der Waals surface area contributed by atoms with E-state index >= 15 is 0 Å². The SMILES string of the molecule is Brc1csc(C2NCCN2)c1. The average Bonchev–Trinajstić information content (AvgIpc) is 2.55. The van der Waals surface area contributed by atoms with Crippen molar-refractivity contribution >= 4 is 27.3 Å². The number of thiophene rings is 1. The van der Waals surface area contributed by atoms with Crippen LogP contribution >= 0.6 is 27.3 Å². The monoisotopic (exact) mass is 232 g/mol. The quantitative estimate of drug-likeness (QED) is 0.771. The second-order valence-corrected chi connectivity index (χ2v) is 4.37. The first kappa shape index (κ1) is 7.73. The molecule has 0 radical (unpaired) electrons. The van der Waals surface area contributed by atoms with Crippen molar-refractivity contribution in [2.24, 2.45) is 0 Å². The molecule has 0 amide bonds. The highest BCUT2D eigenvalue weighted by Gasteiger charge is 2.15. The summed E-state index contributed by atoms with van der Waals surface area (Å²) in [5.41, 5.74) is 0. The summed E-state index contributed by atoms with van der Waals surface area (Å²) in [4.78, 5) is 1.36. The van der Waals surface area contributed by atoms with E-state index in [1.54, 1.807) is 11.3 Å². The van der Waals surface area contributed by atoms with Crippen molar-refractivity contribution in [3.05, 3.63) is 20.8 Å². The van der Waals surface area contributed by atoms with Crippen LogP contribution in [0, 0.1) is 0 Å². The summed E-state index contributed by atoms with van der Waals surface area (Å²) >= 11 is 5.21. The van der Waals surface area contributed by atoms with E-state index in [4.69, 9.17) is 0 Å². The van der Waals surface area contributed by atoms with E-state index in [2.05, 4.69) is 38.0 Å². The van der Waals surface area contributed by atoms with Crippen LogP contribution in [0.4, 0.5) is 0 Å². The maximum Gasteiger partial charge on any atom is 0.0931 e. The summed E-state index contributed by atoms with van der Waals surface area (Å²) in [6.45, 7) is 2.14. The Bertz CT molecular complexity index is 242. The predicted octanol–water partition coefficient (Wildman–Crippen LogP) is 1.70. The zero-order valence-corrected chi connectivity index (χ0v) is 8.33. The largest absolute Gasteiger partial charge is 0.296 e. The molecule has 2 rings (SSSR count). The van der Waals surface area contributed by atoms with E-state index < -0.39 is 0 Å². The van der Waals surface area contributed by atoms with E-state index in [0.717, 1.165) is 13.1 Å². The minimum absolute atomic E-state index is 0.381. The Kier molecular flexibility index (Phi) is 2.27. The molecule has 0 spiro atoms. The second kappa shape index (κ2) is 3.23. The molecule has 2 nitrogen and oxygen atoms in total. The molecule has 0 saturated carbocycles. The third kappa shape index (κ3) is 1.64. The van der Waals surface area contributed by atoms with Gasteiger partial charge in [-0.2, -0.15) is 0 Å². The Morgan fingerprint density at radius 2 is 2.18 bits per heavy atom. The molecule has 1 saturated heterocycles. The molecule has 60 valence electrons. The number of halogens is 1. The van der Waals surface area contributed by atoms with Crippen LogP contribution < -0.4 is 10.6 Å². The molecule has 0 unspecified atom stereocenters. The van der Waals surface area contributed by atoms with Crippen LogP contribution in [0.2, 0.25) is 0 Å². The highest BCUT2D eigenvalue weighted by atomic mass is 79.9. The smallest absolute Gasteiger partial charge is 0.0931 e. The first-order chi connectivity index (χ1) is 5.36. The van der Waals surface area contributed by atoms with Gasteiger partial charge in [-0.05, 0) is 22.0 Å². The van der Waals surface area contributed by atoms with Gasteiger partial charge in [-0.1, -0.05) is 0 Å². The van der Waals surface area contributed by atoms with Crippen molar-refractivity contribution in [3.63, 3.8) is 0 Å². The van der Waals surface area contributed by atoms with Crippen LogP contribution in [-0.4, -0.2) is 13.1 Å². The molecule has 1 aliphatic heterocycles. The van der Waals surface area contributed by atoms with Crippen LogP contribution in [0.15, 0.2) is 15.9 Å². The first-order valence-electron chi connectivity index (χ1n) is 3.57. The molecule has 1 aromatic heterocycles. The number of nitrogens with one attached hydrogen (secondary N) is 2. The molecule has 1 aliphatic rings. The Morgan fingerprint density at radius 1 is 1.45 bits per heavy atom. The van der Waals surface area contributed by atoms with Crippen LogP contribution in [-0.2, 0) is 0 Å². The molecule has 11 heavy (non-hydrogen) atoms. The maximum atomic E-state index is 3.43. The van der Waals surface area contributed by atoms with Gasteiger partial charge in [-0.25, -0.2) is 0 Å². The van der Waals surface area contributed by atoms with E-state index in [1.165, 1.54) is 9.35 Å². The molecule has 0 atom stereocenters. The van der Waals surface area contributed by atoms with Gasteiger partial charge >= 0.3 is 0 Å². The normalized spacial score (nSPS) is 19.4. The van der Waals surface area contributed by atoms with Crippen molar-refractivity contribution in [2.75, 3.05) is 13.1 Å². The summed E-state index contributed by atoms with van der Waals surface area (Å²) in [5.74, 6) is 0. The summed E-state index contributed by atoms with van der Waals surface area (Å²) in [7, 11) is 0. The van der Waals surface area contributed by atoms with Crippen molar-refractivity contribution < 1.29 is 0 Å². The van der Waals surface area contributed by atoms with Crippen molar-refractivity contribution in [2.45, 2.75) is 6.17 Å². The van der Waals surface area contributed by atoms with Crippen molar-refractivity contribution in [1.29, 1.82) is 0 Å². The Balaban J connectivity index is 2.15. The van der Waals surface area contributed by atoms with Gasteiger partial charge in [-0.15, -0.1) is 11.3 Å². The zero-order valence-electron chi connectivity index (χ0n) is 5.93. The van der Waals surface area contributed by atoms with Crippen molar-refractivity contribution in [3.8, 4) is 0 Å². The van der Waals surface area contributed by atoms with Gasteiger partial charge in [-0.3, -0.25) is 10.6 Å². The lowest BCUT2D eigenvalue weighted by molar-refractivity contribution is 0.599. The molecule has 0 bridgehead atoms. The van der Waals surface area contributed by atoms with E-state index in [1.807, 2.05) is 0 Å². The average molecular weight is 233 g/mol. The standard InChI is InChI=1S/C7H9BrN2S/c8-5-3-6(11-4-5)7-9-1-2-10-7/h3-4,7,9-10H,1-2H2. The van der Waals surface area contributed by atoms with Gasteiger partial charge < -0.3 is 0 Å². The molecule has 1 aromatic rings. The Labute approximate surface area is 78.1 Å². The lowest BCUT2D eigenvalue weighted by Gasteiger charge is -2.06. The second-order valence-electron chi connectivity index (χ2n) is 2.51. The van der Waals surface area contributed by atoms with Gasteiger partial charge in [0.15, 0.2) is 0 Å². The van der Waals surface area contributed by atoms with Gasteiger partial charge in [0.1, 0.15) is 0 Å². The lowest BCUT2D eigenvalue weighted by Crippen LogP contribution is -2.19. The topological polar surface area (TPSA) is 24.1 Å². The maximum absolute atomic E-state index is 3.43. The molecule has 4 heteroatoms. The van der Waals surface area contributed by atoms with Gasteiger partial charge in [0, 0.05) is 27.8 Å². The molecule has 2 heterocycles. The number of hydrogen-bond donors (Lipinski definition) is 2. The molecular formula is C7H9BrN2S. The van der Waals surface area contributed by atoms with Gasteiger partial charge in [0.05, 0.1) is 6.17 Å². The summed E-state index contributed by atoms with van der Waals surface area (Å²) < 4.78 is 1.17. The Morgan fingerprint density at radius 3 is 2.73 bits per heavy atom. The summed E-state index contributed by atoms with van der Waals surface area (Å²) in [6.07, 6.45) is 0.381. The van der Waals surface area contributed by atoms with E-state index in [-0.39, 0.29) is 0 Å². The minimum atomic E-state index is 0.381. The van der Waals surface area contributed by atoms with Crippen LogP contribution in [0.25, 0.3) is 0 Å².